The van der Waals surface area contributed by atoms with Crippen molar-refractivity contribution < 1.29 is 23.1 Å². The molecule has 0 rings (SSSR count). The molecule has 0 aliphatic heterocycles. The Hall–Kier alpha value is -0.390. The van der Waals surface area contributed by atoms with Gasteiger partial charge in [0, 0.05) is 5.75 Å². The van der Waals surface area contributed by atoms with Gasteiger partial charge in [-0.15, -0.1) is 11.8 Å². The predicted molar refractivity (Wildman–Crippen MR) is 49.5 cm³/mol. The standard InChI is InChI=1S/C8H13F3O2S/c1-2-3-6(7(12)13)14-5-4-8(9,10)11/h6H,2-5H2,1H3,(H,12,13). The highest BCUT2D eigenvalue weighted by molar-refractivity contribution is 8.00. The first-order valence-corrected chi connectivity index (χ1v) is 5.33. The van der Waals surface area contributed by atoms with E-state index in [0.29, 0.717) is 12.8 Å². The molecule has 0 heterocycles. The van der Waals surface area contributed by atoms with Gasteiger partial charge in [0.05, 0.1) is 6.42 Å². The molecule has 2 nitrogen and oxygen atoms in total. The van der Waals surface area contributed by atoms with Crippen molar-refractivity contribution in [2.75, 3.05) is 5.75 Å². The van der Waals surface area contributed by atoms with Crippen molar-refractivity contribution >= 4 is 17.7 Å². The van der Waals surface area contributed by atoms with Crippen LogP contribution in [0, 0.1) is 0 Å². The topological polar surface area (TPSA) is 37.3 Å². The highest BCUT2D eigenvalue weighted by Gasteiger charge is 2.27. The van der Waals surface area contributed by atoms with Crippen LogP contribution in [-0.2, 0) is 4.79 Å². The highest BCUT2D eigenvalue weighted by Crippen LogP contribution is 2.25. The van der Waals surface area contributed by atoms with Crippen LogP contribution in [0.25, 0.3) is 0 Å². The summed E-state index contributed by atoms with van der Waals surface area (Å²) in [5, 5.41) is 7.93. The number of alkyl halides is 3. The van der Waals surface area contributed by atoms with Gasteiger partial charge < -0.3 is 5.11 Å². The van der Waals surface area contributed by atoms with Gasteiger partial charge in [-0.05, 0) is 6.42 Å². The summed E-state index contributed by atoms with van der Waals surface area (Å²) in [6.07, 6.45) is -4.04. The van der Waals surface area contributed by atoms with Crippen molar-refractivity contribution in [3.05, 3.63) is 0 Å². The van der Waals surface area contributed by atoms with E-state index in [1.54, 1.807) is 6.92 Å². The molecule has 1 atom stereocenters. The van der Waals surface area contributed by atoms with Crippen LogP contribution in [0.3, 0.4) is 0 Å². The number of carbonyl (C=O) groups is 1. The summed E-state index contributed by atoms with van der Waals surface area (Å²) >= 11 is 0.862. The van der Waals surface area contributed by atoms with Crippen molar-refractivity contribution in [2.45, 2.75) is 37.6 Å². The minimum Gasteiger partial charge on any atom is -0.480 e. The molecule has 0 bridgehead atoms. The van der Waals surface area contributed by atoms with Gasteiger partial charge in [-0.1, -0.05) is 13.3 Å². The van der Waals surface area contributed by atoms with Crippen LogP contribution in [0.5, 0.6) is 0 Å². The number of thioether (sulfide) groups is 1. The Morgan fingerprint density at radius 1 is 1.50 bits per heavy atom. The van der Waals surface area contributed by atoms with Crippen LogP contribution in [0.2, 0.25) is 0 Å². The van der Waals surface area contributed by atoms with E-state index in [-0.39, 0.29) is 5.75 Å². The molecule has 0 aliphatic rings. The molecule has 84 valence electrons. The fraction of sp³-hybridized carbons (Fsp3) is 0.875. The summed E-state index contributed by atoms with van der Waals surface area (Å²) in [5.41, 5.74) is 0. The Labute approximate surface area is 84.9 Å². The summed E-state index contributed by atoms with van der Waals surface area (Å²) in [5.74, 6) is -1.21. The lowest BCUT2D eigenvalue weighted by molar-refractivity contribution is -0.137. The fourth-order valence-corrected chi connectivity index (χ4v) is 2.04. The molecule has 0 aromatic carbocycles. The van der Waals surface area contributed by atoms with E-state index < -0.39 is 23.8 Å². The zero-order chi connectivity index (χ0) is 11.2. The molecule has 0 saturated carbocycles. The second-order valence-electron chi connectivity index (χ2n) is 2.85. The van der Waals surface area contributed by atoms with Crippen LogP contribution < -0.4 is 0 Å². The number of carboxylic acids is 1. The minimum atomic E-state index is -4.19. The number of rotatable bonds is 6. The largest absolute Gasteiger partial charge is 0.480 e. The third-order valence-electron chi connectivity index (χ3n) is 1.53. The van der Waals surface area contributed by atoms with Crippen LogP contribution >= 0.6 is 11.8 Å². The molecule has 0 radical (unpaired) electrons. The Kier molecular flexibility index (Phi) is 5.99. The molecular formula is C8H13F3O2S. The fourth-order valence-electron chi connectivity index (χ4n) is 0.857. The van der Waals surface area contributed by atoms with Gasteiger partial charge in [0.1, 0.15) is 5.25 Å². The van der Waals surface area contributed by atoms with E-state index in [1.165, 1.54) is 0 Å². The van der Waals surface area contributed by atoms with E-state index in [4.69, 9.17) is 5.11 Å². The molecule has 0 aromatic rings. The van der Waals surface area contributed by atoms with Gasteiger partial charge in [-0.3, -0.25) is 4.79 Å². The lowest BCUT2D eigenvalue weighted by Gasteiger charge is -2.11. The normalized spacial score (nSPS) is 14.0. The summed E-state index contributed by atoms with van der Waals surface area (Å²) in [6.45, 7) is 1.81. The van der Waals surface area contributed by atoms with Crippen molar-refractivity contribution in [3.8, 4) is 0 Å². The first kappa shape index (κ1) is 13.6. The van der Waals surface area contributed by atoms with Crippen molar-refractivity contribution in [3.63, 3.8) is 0 Å². The van der Waals surface area contributed by atoms with Crippen molar-refractivity contribution in [1.82, 2.24) is 0 Å². The Morgan fingerprint density at radius 3 is 2.43 bits per heavy atom. The maximum absolute atomic E-state index is 11.7. The molecule has 1 unspecified atom stereocenters. The molecule has 0 saturated heterocycles. The van der Waals surface area contributed by atoms with Gasteiger partial charge in [-0.2, -0.15) is 13.2 Å². The Morgan fingerprint density at radius 2 is 2.07 bits per heavy atom. The first-order chi connectivity index (χ1) is 6.37. The molecule has 1 N–H and O–H groups in total. The van der Waals surface area contributed by atoms with Gasteiger partial charge in [-0.25, -0.2) is 0 Å². The average Bonchev–Trinajstić information content (AvgIpc) is 2.00. The number of halogens is 3. The van der Waals surface area contributed by atoms with Gasteiger partial charge >= 0.3 is 12.1 Å². The first-order valence-electron chi connectivity index (χ1n) is 4.28. The molecular weight excluding hydrogens is 217 g/mol. The maximum atomic E-state index is 11.7. The highest BCUT2D eigenvalue weighted by atomic mass is 32.2. The van der Waals surface area contributed by atoms with Crippen LogP contribution in [-0.4, -0.2) is 28.3 Å². The summed E-state index contributed by atoms with van der Waals surface area (Å²) in [6, 6.07) is 0. The lowest BCUT2D eigenvalue weighted by Crippen LogP contribution is -2.18. The van der Waals surface area contributed by atoms with E-state index in [1.807, 2.05) is 0 Å². The molecule has 0 aromatic heterocycles. The molecule has 0 spiro atoms. The van der Waals surface area contributed by atoms with E-state index in [0.717, 1.165) is 11.8 Å². The van der Waals surface area contributed by atoms with Crippen LogP contribution in [0.15, 0.2) is 0 Å². The number of hydrogen-bond donors (Lipinski definition) is 1. The van der Waals surface area contributed by atoms with Gasteiger partial charge in [0.25, 0.3) is 0 Å². The third kappa shape index (κ3) is 7.06. The molecule has 0 aliphatic carbocycles. The number of hydrogen-bond acceptors (Lipinski definition) is 2. The zero-order valence-corrected chi connectivity index (χ0v) is 8.62. The van der Waals surface area contributed by atoms with Gasteiger partial charge in [0.2, 0.25) is 0 Å². The van der Waals surface area contributed by atoms with Crippen LogP contribution in [0.4, 0.5) is 13.2 Å². The molecule has 6 heteroatoms. The predicted octanol–water partition coefficient (Wildman–Crippen LogP) is 2.93. The van der Waals surface area contributed by atoms with Gasteiger partial charge in [0.15, 0.2) is 0 Å². The van der Waals surface area contributed by atoms with Crippen LogP contribution in [0.1, 0.15) is 26.2 Å². The Balaban J connectivity index is 3.77. The maximum Gasteiger partial charge on any atom is 0.389 e. The number of aliphatic carboxylic acids is 1. The summed E-state index contributed by atoms with van der Waals surface area (Å²) in [4.78, 5) is 10.5. The smallest absolute Gasteiger partial charge is 0.389 e. The second-order valence-corrected chi connectivity index (χ2v) is 4.16. The summed E-state index contributed by atoms with van der Waals surface area (Å²) in [7, 11) is 0. The van der Waals surface area contributed by atoms with Crippen molar-refractivity contribution in [1.29, 1.82) is 0 Å². The van der Waals surface area contributed by atoms with Crippen molar-refractivity contribution in [2.24, 2.45) is 0 Å². The lowest BCUT2D eigenvalue weighted by atomic mass is 10.2. The third-order valence-corrected chi connectivity index (χ3v) is 2.81. The van der Waals surface area contributed by atoms with E-state index in [2.05, 4.69) is 0 Å². The molecule has 0 fully saturated rings. The van der Waals surface area contributed by atoms with E-state index >= 15 is 0 Å². The summed E-state index contributed by atoms with van der Waals surface area (Å²) < 4.78 is 35.2. The molecule has 14 heavy (non-hydrogen) atoms. The monoisotopic (exact) mass is 230 g/mol. The SMILES string of the molecule is CCCC(SCCC(F)(F)F)C(=O)O. The zero-order valence-electron chi connectivity index (χ0n) is 7.80. The average molecular weight is 230 g/mol. The Bertz CT molecular complexity index is 182. The number of carboxylic acid groups (broad SMARTS) is 1. The minimum absolute atomic E-state index is 0.180. The van der Waals surface area contributed by atoms with E-state index in [9.17, 15) is 18.0 Å². The quantitative estimate of drug-likeness (QED) is 0.762. The second kappa shape index (κ2) is 6.16. The molecule has 0 amide bonds.